The molecule has 0 radical (unpaired) electrons. The van der Waals surface area contributed by atoms with Crippen LogP contribution in [0.2, 0.25) is 0 Å². The monoisotopic (exact) mass is 264 g/mol. The maximum Gasteiger partial charge on any atom is 0.129 e. The van der Waals surface area contributed by atoms with Crippen molar-refractivity contribution in [3.8, 4) is 0 Å². The van der Waals surface area contributed by atoms with Crippen LogP contribution in [0.15, 0.2) is 12.1 Å². The maximum atomic E-state index is 9.40. The van der Waals surface area contributed by atoms with Crippen LogP contribution >= 0.6 is 0 Å². The van der Waals surface area contributed by atoms with Crippen LogP contribution in [0.25, 0.3) is 0 Å². The van der Waals surface area contributed by atoms with E-state index in [0.29, 0.717) is 11.8 Å². The maximum absolute atomic E-state index is 9.40. The van der Waals surface area contributed by atoms with Crippen LogP contribution in [0.3, 0.4) is 0 Å². The highest BCUT2D eigenvalue weighted by atomic mass is 16.3. The van der Waals surface area contributed by atoms with Gasteiger partial charge in [-0.3, -0.25) is 0 Å². The molecule has 19 heavy (non-hydrogen) atoms. The Bertz CT molecular complexity index is 390. The molecule has 0 aromatic carbocycles. The van der Waals surface area contributed by atoms with Gasteiger partial charge in [-0.15, -0.1) is 0 Å². The van der Waals surface area contributed by atoms with Crippen molar-refractivity contribution >= 4 is 5.82 Å². The van der Waals surface area contributed by atoms with Crippen molar-refractivity contribution in [1.82, 2.24) is 4.98 Å². The summed E-state index contributed by atoms with van der Waals surface area (Å²) in [5, 5.41) is 9.40. The van der Waals surface area contributed by atoms with Crippen molar-refractivity contribution in [2.24, 2.45) is 5.92 Å². The van der Waals surface area contributed by atoms with E-state index in [1.807, 2.05) is 12.1 Å². The van der Waals surface area contributed by atoms with Crippen LogP contribution < -0.4 is 4.90 Å². The Kier molecular flexibility index (Phi) is 6.29. The summed E-state index contributed by atoms with van der Waals surface area (Å²) in [5.41, 5.74) is 2.01. The Labute approximate surface area is 117 Å². The first-order valence-corrected chi connectivity index (χ1v) is 7.38. The van der Waals surface area contributed by atoms with E-state index in [1.54, 1.807) is 0 Å². The first kappa shape index (κ1) is 16.0. The Morgan fingerprint density at radius 3 is 2.37 bits per heavy atom. The summed E-state index contributed by atoms with van der Waals surface area (Å²) in [7, 11) is 0. The van der Waals surface area contributed by atoms with Gasteiger partial charge in [0.1, 0.15) is 5.82 Å². The third-order valence-corrected chi connectivity index (χ3v) is 3.60. The summed E-state index contributed by atoms with van der Waals surface area (Å²) in [6, 6.07) is 4.02. The molecule has 0 amide bonds. The van der Waals surface area contributed by atoms with Crippen LogP contribution in [0.1, 0.15) is 58.2 Å². The molecule has 1 atom stereocenters. The molecular formula is C16H28N2O. The second-order valence-electron chi connectivity index (χ2n) is 5.62. The lowest BCUT2D eigenvalue weighted by Crippen LogP contribution is -2.29. The summed E-state index contributed by atoms with van der Waals surface area (Å²) in [6.07, 6.45) is 1.17. The van der Waals surface area contributed by atoms with Crippen molar-refractivity contribution in [3.63, 3.8) is 0 Å². The van der Waals surface area contributed by atoms with E-state index in [9.17, 15) is 5.11 Å². The molecule has 0 spiro atoms. The fourth-order valence-electron chi connectivity index (χ4n) is 2.03. The lowest BCUT2D eigenvalue weighted by Gasteiger charge is -2.26. The molecule has 1 aromatic rings. The molecule has 1 aromatic heterocycles. The molecule has 0 bridgehead atoms. The summed E-state index contributed by atoms with van der Waals surface area (Å²) in [4.78, 5) is 7.06. The number of aromatic nitrogens is 1. The van der Waals surface area contributed by atoms with E-state index in [1.165, 1.54) is 6.42 Å². The highest BCUT2D eigenvalue weighted by molar-refractivity contribution is 5.43. The molecule has 1 unspecified atom stereocenters. The molecule has 0 aliphatic carbocycles. The van der Waals surface area contributed by atoms with Crippen molar-refractivity contribution in [2.45, 2.75) is 53.6 Å². The molecule has 0 saturated heterocycles. The number of anilines is 1. The minimum atomic E-state index is 0.0795. The lowest BCUT2D eigenvalue weighted by atomic mass is 10.1. The van der Waals surface area contributed by atoms with E-state index in [0.717, 1.165) is 30.2 Å². The average molecular weight is 264 g/mol. The number of rotatable bonds is 7. The van der Waals surface area contributed by atoms with E-state index >= 15 is 0 Å². The largest absolute Gasteiger partial charge is 0.392 e. The molecule has 0 aliphatic rings. The quantitative estimate of drug-likeness (QED) is 0.818. The van der Waals surface area contributed by atoms with Crippen LogP contribution in [0, 0.1) is 5.92 Å². The van der Waals surface area contributed by atoms with Gasteiger partial charge in [-0.2, -0.15) is 0 Å². The number of aliphatic hydroxyl groups excluding tert-OH is 1. The van der Waals surface area contributed by atoms with Gasteiger partial charge in [0.15, 0.2) is 0 Å². The number of aliphatic hydroxyl groups is 1. The molecule has 108 valence electrons. The van der Waals surface area contributed by atoms with Crippen LogP contribution in [0.4, 0.5) is 5.82 Å². The second kappa shape index (κ2) is 7.49. The van der Waals surface area contributed by atoms with Crippen LogP contribution in [-0.4, -0.2) is 23.2 Å². The summed E-state index contributed by atoms with van der Waals surface area (Å²) >= 11 is 0. The predicted molar refractivity (Wildman–Crippen MR) is 81.6 cm³/mol. The number of hydrogen-bond donors (Lipinski definition) is 1. The number of pyridine rings is 1. The third-order valence-electron chi connectivity index (χ3n) is 3.60. The Hall–Kier alpha value is -1.09. The molecule has 3 nitrogen and oxygen atoms in total. The van der Waals surface area contributed by atoms with Gasteiger partial charge >= 0.3 is 0 Å². The van der Waals surface area contributed by atoms with E-state index < -0.39 is 0 Å². The van der Waals surface area contributed by atoms with Crippen LogP contribution in [-0.2, 0) is 6.61 Å². The molecule has 0 saturated carbocycles. The Morgan fingerprint density at radius 2 is 1.89 bits per heavy atom. The van der Waals surface area contributed by atoms with Gasteiger partial charge in [0, 0.05) is 18.8 Å². The van der Waals surface area contributed by atoms with Crippen molar-refractivity contribution < 1.29 is 5.11 Å². The predicted octanol–water partition coefficient (Wildman–Crippen LogP) is 3.57. The zero-order valence-electron chi connectivity index (χ0n) is 13.0. The Balaban J connectivity index is 3.04. The zero-order valence-corrected chi connectivity index (χ0v) is 13.0. The topological polar surface area (TPSA) is 36.4 Å². The highest BCUT2D eigenvalue weighted by Gasteiger charge is 2.13. The van der Waals surface area contributed by atoms with Crippen LogP contribution in [0.5, 0.6) is 0 Å². The number of hydrogen-bond acceptors (Lipinski definition) is 3. The van der Waals surface area contributed by atoms with Gasteiger partial charge in [0.25, 0.3) is 0 Å². The van der Waals surface area contributed by atoms with Crippen molar-refractivity contribution in [2.75, 3.05) is 18.0 Å². The smallest absolute Gasteiger partial charge is 0.129 e. The van der Waals surface area contributed by atoms with E-state index in [2.05, 4.69) is 39.5 Å². The molecule has 0 aliphatic heterocycles. The molecule has 0 fully saturated rings. The number of nitrogens with zero attached hydrogens (tertiary/aromatic N) is 2. The molecule has 1 heterocycles. The SMILES string of the molecule is CCC(C)CN(CC)c1cc(CO)cc(C(C)C)n1. The molecule has 1 N–H and O–H groups in total. The zero-order chi connectivity index (χ0) is 14.4. The minimum absolute atomic E-state index is 0.0795. The van der Waals surface area contributed by atoms with Gasteiger partial charge in [0.05, 0.1) is 6.61 Å². The molecule has 3 heteroatoms. The first-order chi connectivity index (χ1) is 9.01. The van der Waals surface area contributed by atoms with E-state index in [4.69, 9.17) is 4.98 Å². The molecule has 1 rings (SSSR count). The van der Waals surface area contributed by atoms with E-state index in [-0.39, 0.29) is 6.61 Å². The standard InChI is InChI=1S/C16H28N2O/c1-6-13(5)10-18(7-2)16-9-14(11-19)8-15(17-16)12(3)4/h8-9,12-13,19H,6-7,10-11H2,1-5H3. The Morgan fingerprint density at radius 1 is 1.21 bits per heavy atom. The van der Waals surface area contributed by atoms with Gasteiger partial charge in [-0.25, -0.2) is 4.98 Å². The fraction of sp³-hybridized carbons (Fsp3) is 0.688. The highest BCUT2D eigenvalue weighted by Crippen LogP contribution is 2.21. The first-order valence-electron chi connectivity index (χ1n) is 7.38. The van der Waals surface area contributed by atoms with Crippen molar-refractivity contribution in [3.05, 3.63) is 23.4 Å². The van der Waals surface area contributed by atoms with Gasteiger partial charge in [0.2, 0.25) is 0 Å². The summed E-state index contributed by atoms with van der Waals surface area (Å²) in [5.74, 6) is 2.03. The second-order valence-corrected chi connectivity index (χ2v) is 5.62. The van der Waals surface area contributed by atoms with Gasteiger partial charge in [-0.05, 0) is 36.5 Å². The third kappa shape index (κ3) is 4.50. The minimum Gasteiger partial charge on any atom is -0.392 e. The van der Waals surface area contributed by atoms with Gasteiger partial charge < -0.3 is 10.0 Å². The fourth-order valence-corrected chi connectivity index (χ4v) is 2.03. The van der Waals surface area contributed by atoms with Gasteiger partial charge in [-0.1, -0.05) is 34.1 Å². The summed E-state index contributed by atoms with van der Waals surface area (Å²) in [6.45, 7) is 13.0. The summed E-state index contributed by atoms with van der Waals surface area (Å²) < 4.78 is 0. The van der Waals surface area contributed by atoms with Crippen molar-refractivity contribution in [1.29, 1.82) is 0 Å². The average Bonchev–Trinajstić information content (AvgIpc) is 2.43. The lowest BCUT2D eigenvalue weighted by molar-refractivity contribution is 0.281. The normalized spacial score (nSPS) is 12.8. The molecular weight excluding hydrogens is 236 g/mol.